The molecular weight excluding hydrogens is 462 g/mol. The van der Waals surface area contributed by atoms with E-state index in [9.17, 15) is 0 Å². The second-order valence-electron chi connectivity index (χ2n) is 6.68. The van der Waals surface area contributed by atoms with E-state index in [-0.39, 0.29) is 24.0 Å². The van der Waals surface area contributed by atoms with E-state index in [1.165, 1.54) is 34.9 Å². The van der Waals surface area contributed by atoms with Gasteiger partial charge in [0.15, 0.2) is 0 Å². The van der Waals surface area contributed by atoms with Crippen molar-refractivity contribution in [2.75, 3.05) is 12.8 Å². The van der Waals surface area contributed by atoms with Crippen molar-refractivity contribution in [1.82, 2.24) is 0 Å². The summed E-state index contributed by atoms with van der Waals surface area (Å²) in [5, 5.41) is 13.4. The summed E-state index contributed by atoms with van der Waals surface area (Å²) in [4.78, 5) is 0. The molecule has 0 bridgehead atoms. The third-order valence-corrected chi connectivity index (χ3v) is 9.52. The third kappa shape index (κ3) is 5.40. The fraction of sp³-hybridized carbons (Fsp3) is 0.250. The molecule has 0 heterocycles. The molecule has 3 aromatic carbocycles. The van der Waals surface area contributed by atoms with Crippen molar-refractivity contribution in [3.63, 3.8) is 0 Å². The molecule has 0 spiro atoms. The standard InChI is InChI=1S/C24H28OP.HI/c25-20-12-1-2-13-21-26(22-14-6-3-7-15-22,23-16-8-4-9-17-23)24-18-10-5-11-19-24;/h3-11,14-19,25H,1-2,12-13,20-21H2;1H/q+1;/p-1. The van der Waals surface area contributed by atoms with Gasteiger partial charge in [0.05, 0.1) is 6.16 Å². The van der Waals surface area contributed by atoms with E-state index in [0.717, 1.165) is 12.8 Å². The Labute approximate surface area is 181 Å². The summed E-state index contributed by atoms with van der Waals surface area (Å²) in [7, 11) is -1.66. The van der Waals surface area contributed by atoms with Crippen LogP contribution >= 0.6 is 7.26 Å². The summed E-state index contributed by atoms with van der Waals surface area (Å²) in [5.74, 6) is 0. The number of hydrogen-bond acceptors (Lipinski definition) is 1. The molecule has 3 heteroatoms. The lowest BCUT2D eigenvalue weighted by molar-refractivity contribution is -0.00000626. The molecule has 1 N–H and O–H groups in total. The molecular formula is C24H28IOP. The van der Waals surface area contributed by atoms with E-state index >= 15 is 0 Å². The van der Waals surface area contributed by atoms with Gasteiger partial charge in [0.2, 0.25) is 0 Å². The number of aliphatic hydroxyl groups is 1. The van der Waals surface area contributed by atoms with Gasteiger partial charge in [-0.15, -0.1) is 0 Å². The Balaban J connectivity index is 0.00000261. The average Bonchev–Trinajstić information content (AvgIpc) is 2.73. The Bertz CT molecular complexity index is 665. The normalized spacial score (nSPS) is 11.0. The molecule has 0 saturated heterocycles. The monoisotopic (exact) mass is 490 g/mol. The van der Waals surface area contributed by atoms with Crippen molar-refractivity contribution in [2.45, 2.75) is 25.7 Å². The summed E-state index contributed by atoms with van der Waals surface area (Å²) >= 11 is 0. The maximum atomic E-state index is 9.07. The fourth-order valence-electron chi connectivity index (χ4n) is 3.70. The smallest absolute Gasteiger partial charge is 0.112 e. The van der Waals surface area contributed by atoms with Crippen LogP contribution < -0.4 is 39.9 Å². The number of benzene rings is 3. The zero-order valence-electron chi connectivity index (χ0n) is 15.7. The molecule has 0 unspecified atom stereocenters. The highest BCUT2D eigenvalue weighted by atomic mass is 127. The van der Waals surface area contributed by atoms with Gasteiger partial charge in [0, 0.05) is 6.61 Å². The van der Waals surface area contributed by atoms with Crippen molar-refractivity contribution >= 4 is 23.2 Å². The predicted molar refractivity (Wildman–Crippen MR) is 116 cm³/mol. The first-order valence-corrected chi connectivity index (χ1v) is 11.5. The van der Waals surface area contributed by atoms with Gasteiger partial charge in [-0.3, -0.25) is 0 Å². The van der Waals surface area contributed by atoms with Crippen LogP contribution in [0, 0.1) is 0 Å². The second kappa shape index (κ2) is 11.6. The quantitative estimate of drug-likeness (QED) is 0.274. The molecule has 0 atom stereocenters. The Morgan fingerprint density at radius 2 is 0.889 bits per heavy atom. The molecule has 0 aliphatic rings. The van der Waals surface area contributed by atoms with Crippen LogP contribution in [0.2, 0.25) is 0 Å². The fourth-order valence-corrected chi connectivity index (χ4v) is 8.11. The van der Waals surface area contributed by atoms with E-state index in [1.54, 1.807) is 0 Å². The van der Waals surface area contributed by atoms with Crippen molar-refractivity contribution in [2.24, 2.45) is 0 Å². The maximum absolute atomic E-state index is 9.07. The van der Waals surface area contributed by atoms with Crippen molar-refractivity contribution in [3.8, 4) is 0 Å². The van der Waals surface area contributed by atoms with Crippen LogP contribution in [-0.4, -0.2) is 17.9 Å². The zero-order chi connectivity index (χ0) is 18.1. The number of rotatable bonds is 9. The minimum Gasteiger partial charge on any atom is -1.00 e. The Kier molecular flexibility index (Phi) is 9.47. The lowest BCUT2D eigenvalue weighted by atomic mass is 10.2. The molecule has 0 saturated carbocycles. The molecule has 0 aliphatic heterocycles. The lowest BCUT2D eigenvalue weighted by Crippen LogP contribution is -3.00. The SMILES string of the molecule is OCCCCCC[P+](c1ccccc1)(c1ccccc1)c1ccccc1.[I-]. The van der Waals surface area contributed by atoms with Gasteiger partial charge in [0.25, 0.3) is 0 Å². The van der Waals surface area contributed by atoms with E-state index in [4.69, 9.17) is 5.11 Å². The molecule has 0 aliphatic carbocycles. The molecule has 0 fully saturated rings. The van der Waals surface area contributed by atoms with Crippen LogP contribution in [0.5, 0.6) is 0 Å². The van der Waals surface area contributed by atoms with Crippen LogP contribution in [0.3, 0.4) is 0 Å². The largest absolute Gasteiger partial charge is 1.00 e. The summed E-state index contributed by atoms with van der Waals surface area (Å²) in [6.45, 7) is 0.302. The Morgan fingerprint density at radius 1 is 0.519 bits per heavy atom. The molecule has 0 radical (unpaired) electrons. The number of halogens is 1. The van der Waals surface area contributed by atoms with Crippen LogP contribution in [0.1, 0.15) is 25.7 Å². The Hall–Kier alpha value is -1.22. The third-order valence-electron chi connectivity index (χ3n) is 4.99. The maximum Gasteiger partial charge on any atom is 0.112 e. The highest BCUT2D eigenvalue weighted by Gasteiger charge is 2.44. The summed E-state index contributed by atoms with van der Waals surface area (Å²) in [6, 6.07) is 33.2. The topological polar surface area (TPSA) is 20.2 Å². The van der Waals surface area contributed by atoms with E-state index in [0.29, 0.717) is 6.61 Å². The van der Waals surface area contributed by atoms with Gasteiger partial charge in [-0.05, 0) is 55.7 Å². The summed E-state index contributed by atoms with van der Waals surface area (Å²) in [5.41, 5.74) is 0. The number of aliphatic hydroxyl groups excluding tert-OH is 1. The van der Waals surface area contributed by atoms with E-state index in [2.05, 4.69) is 91.0 Å². The molecule has 0 aromatic heterocycles. The minimum absolute atomic E-state index is 0. The van der Waals surface area contributed by atoms with Crippen molar-refractivity contribution < 1.29 is 29.1 Å². The van der Waals surface area contributed by atoms with Crippen LogP contribution in [0.15, 0.2) is 91.0 Å². The first kappa shape index (κ1) is 22.1. The van der Waals surface area contributed by atoms with E-state index in [1.807, 2.05) is 0 Å². The minimum atomic E-state index is -1.66. The van der Waals surface area contributed by atoms with Gasteiger partial charge < -0.3 is 29.1 Å². The first-order valence-electron chi connectivity index (χ1n) is 9.54. The van der Waals surface area contributed by atoms with Crippen LogP contribution in [0.25, 0.3) is 0 Å². The van der Waals surface area contributed by atoms with E-state index < -0.39 is 7.26 Å². The van der Waals surface area contributed by atoms with Crippen molar-refractivity contribution in [3.05, 3.63) is 91.0 Å². The first-order chi connectivity index (χ1) is 12.9. The molecule has 142 valence electrons. The molecule has 0 amide bonds. The van der Waals surface area contributed by atoms with Crippen LogP contribution in [-0.2, 0) is 0 Å². The lowest BCUT2D eigenvalue weighted by Gasteiger charge is -2.27. The highest BCUT2D eigenvalue weighted by molar-refractivity contribution is 7.95. The zero-order valence-corrected chi connectivity index (χ0v) is 18.7. The number of hydrogen-bond donors (Lipinski definition) is 1. The van der Waals surface area contributed by atoms with Gasteiger partial charge in [-0.25, -0.2) is 0 Å². The van der Waals surface area contributed by atoms with Gasteiger partial charge >= 0.3 is 0 Å². The van der Waals surface area contributed by atoms with Gasteiger partial charge in [-0.2, -0.15) is 0 Å². The van der Waals surface area contributed by atoms with Crippen LogP contribution in [0.4, 0.5) is 0 Å². The molecule has 3 rings (SSSR count). The highest BCUT2D eigenvalue weighted by Crippen LogP contribution is 2.55. The molecule has 27 heavy (non-hydrogen) atoms. The molecule has 3 aromatic rings. The summed E-state index contributed by atoms with van der Waals surface area (Å²) in [6.07, 6.45) is 5.56. The summed E-state index contributed by atoms with van der Waals surface area (Å²) < 4.78 is 0. The second-order valence-corrected chi connectivity index (χ2v) is 10.3. The van der Waals surface area contributed by atoms with Gasteiger partial charge in [-0.1, -0.05) is 61.0 Å². The Morgan fingerprint density at radius 3 is 1.26 bits per heavy atom. The predicted octanol–water partition coefficient (Wildman–Crippen LogP) is 1.54. The van der Waals surface area contributed by atoms with Crippen molar-refractivity contribution in [1.29, 1.82) is 0 Å². The number of unbranched alkanes of at least 4 members (excludes halogenated alkanes) is 3. The average molecular weight is 490 g/mol. The van der Waals surface area contributed by atoms with Gasteiger partial charge in [0.1, 0.15) is 23.2 Å². The molecule has 1 nitrogen and oxygen atoms in total.